The van der Waals surface area contributed by atoms with Gasteiger partial charge in [0.05, 0.1) is 11.3 Å². The first kappa shape index (κ1) is 20.4. The maximum atomic E-state index is 12.3. The van der Waals surface area contributed by atoms with Gasteiger partial charge in [0.25, 0.3) is 0 Å². The van der Waals surface area contributed by atoms with Crippen LogP contribution in [0.3, 0.4) is 0 Å². The van der Waals surface area contributed by atoms with Gasteiger partial charge in [0, 0.05) is 12.1 Å². The molecule has 0 spiro atoms. The van der Waals surface area contributed by atoms with Gasteiger partial charge in [-0.2, -0.15) is 0 Å². The standard InChI is InChI=1S/C26H24N2O3/c1-3-27-26(29)30-24(21-12-8-5-9-13-21)23-18(2)28-31-25(23)22-16-14-20(15-17-22)19-10-6-4-7-11-19/h4-17,24H,3H2,1-2H3,(H,27,29)/t24-/m1/s1. The van der Waals surface area contributed by atoms with Crippen molar-refractivity contribution in [2.45, 2.75) is 20.0 Å². The van der Waals surface area contributed by atoms with Crippen LogP contribution in [0.15, 0.2) is 89.5 Å². The number of amides is 1. The maximum absolute atomic E-state index is 12.3. The van der Waals surface area contributed by atoms with Gasteiger partial charge in [-0.1, -0.05) is 90.1 Å². The van der Waals surface area contributed by atoms with Crippen molar-refractivity contribution in [2.75, 3.05) is 6.54 Å². The highest BCUT2D eigenvalue weighted by atomic mass is 16.6. The van der Waals surface area contributed by atoms with Crippen molar-refractivity contribution >= 4 is 6.09 Å². The van der Waals surface area contributed by atoms with Gasteiger partial charge in [-0.15, -0.1) is 0 Å². The molecule has 0 bridgehead atoms. The molecular weight excluding hydrogens is 388 g/mol. The van der Waals surface area contributed by atoms with Crippen LogP contribution in [0.2, 0.25) is 0 Å². The van der Waals surface area contributed by atoms with Crippen LogP contribution in [0.25, 0.3) is 22.5 Å². The van der Waals surface area contributed by atoms with Crippen molar-refractivity contribution in [3.8, 4) is 22.5 Å². The zero-order valence-electron chi connectivity index (χ0n) is 17.5. The zero-order valence-corrected chi connectivity index (χ0v) is 17.5. The largest absolute Gasteiger partial charge is 0.436 e. The van der Waals surface area contributed by atoms with Gasteiger partial charge in [-0.3, -0.25) is 0 Å². The van der Waals surface area contributed by atoms with Gasteiger partial charge in [0.1, 0.15) is 0 Å². The molecule has 0 fully saturated rings. The number of nitrogens with one attached hydrogen (secondary N) is 1. The molecule has 1 heterocycles. The van der Waals surface area contributed by atoms with Gasteiger partial charge < -0.3 is 14.6 Å². The first-order valence-corrected chi connectivity index (χ1v) is 10.3. The molecule has 5 heteroatoms. The van der Waals surface area contributed by atoms with E-state index < -0.39 is 12.2 Å². The summed E-state index contributed by atoms with van der Waals surface area (Å²) in [6, 6.07) is 27.9. The Morgan fingerprint density at radius 1 is 0.903 bits per heavy atom. The van der Waals surface area contributed by atoms with Gasteiger partial charge in [-0.05, 0) is 30.5 Å². The van der Waals surface area contributed by atoms with E-state index in [0.717, 1.165) is 27.8 Å². The molecule has 1 atom stereocenters. The van der Waals surface area contributed by atoms with Crippen LogP contribution in [-0.2, 0) is 4.74 Å². The summed E-state index contributed by atoms with van der Waals surface area (Å²) in [4.78, 5) is 12.3. The smallest absolute Gasteiger partial charge is 0.408 e. The molecule has 1 amide bonds. The van der Waals surface area contributed by atoms with Crippen LogP contribution < -0.4 is 5.32 Å². The Morgan fingerprint density at radius 2 is 1.48 bits per heavy atom. The molecule has 31 heavy (non-hydrogen) atoms. The highest BCUT2D eigenvalue weighted by Crippen LogP contribution is 2.37. The van der Waals surface area contributed by atoms with Gasteiger partial charge in [-0.25, -0.2) is 4.79 Å². The van der Waals surface area contributed by atoms with E-state index in [4.69, 9.17) is 9.26 Å². The quantitative estimate of drug-likeness (QED) is 0.412. The Morgan fingerprint density at radius 3 is 2.13 bits per heavy atom. The number of aryl methyl sites for hydroxylation is 1. The van der Waals surface area contributed by atoms with Crippen molar-refractivity contribution in [3.63, 3.8) is 0 Å². The molecule has 0 saturated heterocycles. The SMILES string of the molecule is CCNC(=O)O[C@H](c1ccccc1)c1c(C)noc1-c1ccc(-c2ccccc2)cc1. The Balaban J connectivity index is 1.73. The summed E-state index contributed by atoms with van der Waals surface area (Å²) >= 11 is 0. The predicted octanol–water partition coefficient (Wildman–Crippen LogP) is 6.15. The lowest BCUT2D eigenvalue weighted by Crippen LogP contribution is -2.26. The summed E-state index contributed by atoms with van der Waals surface area (Å²) in [5, 5.41) is 6.89. The van der Waals surface area contributed by atoms with Crippen LogP contribution >= 0.6 is 0 Å². The lowest BCUT2D eigenvalue weighted by Gasteiger charge is -2.19. The molecule has 1 N–H and O–H groups in total. The van der Waals surface area contributed by atoms with Crippen molar-refractivity contribution in [3.05, 3.63) is 102 Å². The minimum absolute atomic E-state index is 0.483. The lowest BCUT2D eigenvalue weighted by atomic mass is 9.96. The second kappa shape index (κ2) is 9.30. The summed E-state index contributed by atoms with van der Waals surface area (Å²) in [7, 11) is 0. The van der Waals surface area contributed by atoms with E-state index >= 15 is 0 Å². The van der Waals surface area contributed by atoms with Gasteiger partial charge in [0.15, 0.2) is 11.9 Å². The van der Waals surface area contributed by atoms with E-state index in [-0.39, 0.29) is 0 Å². The van der Waals surface area contributed by atoms with Crippen molar-refractivity contribution in [2.24, 2.45) is 0 Å². The number of rotatable bonds is 6. The molecule has 156 valence electrons. The van der Waals surface area contributed by atoms with E-state index in [9.17, 15) is 4.79 Å². The number of ether oxygens (including phenoxy) is 1. The molecular formula is C26H24N2O3. The van der Waals surface area contributed by atoms with Crippen molar-refractivity contribution in [1.82, 2.24) is 10.5 Å². The molecule has 4 rings (SSSR count). The highest BCUT2D eigenvalue weighted by Gasteiger charge is 2.28. The van der Waals surface area contributed by atoms with Gasteiger partial charge in [0.2, 0.25) is 0 Å². The number of hydrogen-bond donors (Lipinski definition) is 1. The number of aromatic nitrogens is 1. The van der Waals surface area contributed by atoms with Crippen LogP contribution in [0.1, 0.15) is 29.8 Å². The summed E-state index contributed by atoms with van der Waals surface area (Å²) < 4.78 is 11.5. The summed E-state index contributed by atoms with van der Waals surface area (Å²) in [6.07, 6.45) is -1.12. The monoisotopic (exact) mass is 412 g/mol. The Bertz CT molecular complexity index is 1140. The highest BCUT2D eigenvalue weighted by molar-refractivity contribution is 5.72. The molecule has 0 unspecified atom stereocenters. The zero-order chi connectivity index (χ0) is 21.6. The second-order valence-electron chi connectivity index (χ2n) is 7.18. The molecule has 5 nitrogen and oxygen atoms in total. The first-order valence-electron chi connectivity index (χ1n) is 10.3. The first-order chi connectivity index (χ1) is 15.2. The summed E-state index contributed by atoms with van der Waals surface area (Å²) in [5.74, 6) is 0.593. The average molecular weight is 412 g/mol. The van der Waals surface area contributed by atoms with Crippen LogP contribution in [0.4, 0.5) is 4.79 Å². The third-order valence-electron chi connectivity index (χ3n) is 5.07. The summed E-state index contributed by atoms with van der Waals surface area (Å²) in [5.41, 5.74) is 5.40. The number of hydrogen-bond acceptors (Lipinski definition) is 4. The number of alkyl carbamates (subject to hydrolysis) is 1. The fraction of sp³-hybridized carbons (Fsp3) is 0.154. The molecule has 0 saturated carbocycles. The third-order valence-corrected chi connectivity index (χ3v) is 5.07. The predicted molar refractivity (Wildman–Crippen MR) is 121 cm³/mol. The summed E-state index contributed by atoms with van der Waals surface area (Å²) in [6.45, 7) is 4.19. The molecule has 0 radical (unpaired) electrons. The normalized spacial score (nSPS) is 11.7. The molecule has 0 aliphatic heterocycles. The second-order valence-corrected chi connectivity index (χ2v) is 7.18. The maximum Gasteiger partial charge on any atom is 0.408 e. The van der Waals surface area contributed by atoms with Crippen LogP contribution in [-0.4, -0.2) is 17.8 Å². The number of carbonyl (C=O) groups excluding carboxylic acids is 1. The topological polar surface area (TPSA) is 64.4 Å². The lowest BCUT2D eigenvalue weighted by molar-refractivity contribution is 0.117. The van der Waals surface area contributed by atoms with E-state index in [0.29, 0.717) is 18.0 Å². The molecule has 3 aromatic carbocycles. The van der Waals surface area contributed by atoms with Crippen molar-refractivity contribution < 1.29 is 14.1 Å². The number of benzene rings is 3. The number of carbonyl (C=O) groups is 1. The van der Waals surface area contributed by atoms with E-state index in [1.165, 1.54) is 0 Å². The third kappa shape index (κ3) is 4.51. The fourth-order valence-corrected chi connectivity index (χ4v) is 3.55. The van der Waals surface area contributed by atoms with E-state index in [2.05, 4.69) is 34.7 Å². The van der Waals surface area contributed by atoms with E-state index in [1.54, 1.807) is 0 Å². The fourth-order valence-electron chi connectivity index (χ4n) is 3.55. The molecule has 0 aliphatic rings. The molecule has 0 aliphatic carbocycles. The van der Waals surface area contributed by atoms with Gasteiger partial charge >= 0.3 is 6.09 Å². The van der Waals surface area contributed by atoms with E-state index in [1.807, 2.05) is 74.5 Å². The minimum atomic E-state index is -0.636. The molecule has 1 aromatic heterocycles. The molecule has 4 aromatic rings. The number of nitrogens with zero attached hydrogens (tertiary/aromatic N) is 1. The Kier molecular flexibility index (Phi) is 6.13. The van der Waals surface area contributed by atoms with Crippen molar-refractivity contribution in [1.29, 1.82) is 0 Å². The van der Waals surface area contributed by atoms with Crippen LogP contribution in [0, 0.1) is 6.92 Å². The Labute approximate surface area is 181 Å². The van der Waals surface area contributed by atoms with Crippen LogP contribution in [0.5, 0.6) is 0 Å². The average Bonchev–Trinajstić information content (AvgIpc) is 3.20. The minimum Gasteiger partial charge on any atom is -0.436 e. The Hall–Kier alpha value is -3.86.